The number of nitrogens with zero attached hydrogens (tertiary/aromatic N) is 5. The molecule has 37 heavy (non-hydrogen) atoms. The molecule has 0 bridgehead atoms. The van der Waals surface area contributed by atoms with Crippen molar-refractivity contribution in [1.29, 1.82) is 0 Å². The number of imidazole rings is 1. The quantitative estimate of drug-likeness (QED) is 0.246. The van der Waals surface area contributed by atoms with Gasteiger partial charge < -0.3 is 30.9 Å². The van der Waals surface area contributed by atoms with Gasteiger partial charge in [0, 0.05) is 35.8 Å². The number of hydrogen-bond donors (Lipinski definition) is 4. The number of aryl methyl sites for hydroxylation is 1. The third kappa shape index (κ3) is 4.97. The molecule has 0 aliphatic carbocycles. The maximum absolute atomic E-state index is 10.2. The first-order valence-electron chi connectivity index (χ1n) is 11.9. The molecular formula is C26H28N8O3. The molecule has 5 aromatic rings. The molecular weight excluding hydrogens is 472 g/mol. The first-order chi connectivity index (χ1) is 17.7. The molecule has 4 heterocycles. The van der Waals surface area contributed by atoms with Gasteiger partial charge in [-0.05, 0) is 55.1 Å². The Morgan fingerprint density at radius 3 is 2.78 bits per heavy atom. The highest BCUT2D eigenvalue weighted by molar-refractivity contribution is 5.86. The van der Waals surface area contributed by atoms with Gasteiger partial charge >= 0.3 is 0 Å². The van der Waals surface area contributed by atoms with Gasteiger partial charge in [-0.2, -0.15) is 0 Å². The average molecular weight is 501 g/mol. The number of aromatic amines is 1. The number of hydrogen-bond acceptors (Lipinski definition) is 9. The highest BCUT2D eigenvalue weighted by atomic mass is 16.6. The molecule has 5 rings (SSSR count). The van der Waals surface area contributed by atoms with Gasteiger partial charge in [-0.1, -0.05) is 24.1 Å². The number of aliphatic hydroxyl groups is 1. The summed E-state index contributed by atoms with van der Waals surface area (Å²) in [4.78, 5) is 12.5. The van der Waals surface area contributed by atoms with Crippen LogP contribution in [0.25, 0.3) is 33.5 Å². The summed E-state index contributed by atoms with van der Waals surface area (Å²) < 4.78 is 12.7. The molecule has 190 valence electrons. The molecule has 11 nitrogen and oxygen atoms in total. The van der Waals surface area contributed by atoms with Gasteiger partial charge in [0.2, 0.25) is 5.88 Å². The van der Waals surface area contributed by atoms with Crippen LogP contribution in [-0.4, -0.2) is 53.2 Å². The zero-order chi connectivity index (χ0) is 26.2. The van der Waals surface area contributed by atoms with Gasteiger partial charge in [0.05, 0.1) is 5.52 Å². The molecule has 0 radical (unpaired) electrons. The van der Waals surface area contributed by atoms with E-state index in [1.807, 2.05) is 35.9 Å². The Hall–Kier alpha value is -4.40. The van der Waals surface area contributed by atoms with E-state index in [0.717, 1.165) is 22.0 Å². The number of pyridine rings is 1. The molecule has 0 aliphatic heterocycles. The Bertz CT molecular complexity index is 1630. The van der Waals surface area contributed by atoms with Crippen LogP contribution in [0.2, 0.25) is 0 Å². The molecule has 0 aliphatic rings. The number of H-pyrrole nitrogens is 1. The second kappa shape index (κ2) is 9.57. The Labute approximate surface area is 212 Å². The van der Waals surface area contributed by atoms with Crippen molar-refractivity contribution in [2.45, 2.75) is 45.4 Å². The van der Waals surface area contributed by atoms with Crippen molar-refractivity contribution in [3.8, 4) is 29.2 Å². The van der Waals surface area contributed by atoms with Crippen molar-refractivity contribution in [2.75, 3.05) is 12.3 Å². The minimum absolute atomic E-state index is 0.127. The molecule has 0 unspecified atom stereocenters. The van der Waals surface area contributed by atoms with Crippen LogP contribution in [0.5, 0.6) is 5.88 Å². The van der Waals surface area contributed by atoms with E-state index < -0.39 is 5.60 Å². The fourth-order valence-electron chi connectivity index (χ4n) is 4.16. The number of ether oxygens (including phenoxy) is 1. The van der Waals surface area contributed by atoms with Gasteiger partial charge in [0.25, 0.3) is 0 Å². The predicted molar refractivity (Wildman–Crippen MR) is 140 cm³/mol. The van der Waals surface area contributed by atoms with E-state index in [0.29, 0.717) is 41.6 Å². The Morgan fingerprint density at radius 2 is 2.05 bits per heavy atom. The molecule has 0 saturated heterocycles. The Balaban J connectivity index is 1.48. The molecule has 11 heteroatoms. The number of nitrogens with two attached hydrogens (primary N) is 2. The summed E-state index contributed by atoms with van der Waals surface area (Å²) in [7, 11) is 0. The van der Waals surface area contributed by atoms with Crippen LogP contribution in [0.15, 0.2) is 41.2 Å². The van der Waals surface area contributed by atoms with E-state index in [1.54, 1.807) is 19.9 Å². The van der Waals surface area contributed by atoms with Gasteiger partial charge in [0.1, 0.15) is 23.4 Å². The first kappa shape index (κ1) is 24.3. The molecule has 6 N–H and O–H groups in total. The van der Waals surface area contributed by atoms with Gasteiger partial charge in [-0.3, -0.25) is 0 Å². The van der Waals surface area contributed by atoms with Gasteiger partial charge in [-0.15, -0.1) is 0 Å². The summed E-state index contributed by atoms with van der Waals surface area (Å²) in [6.45, 7) is 5.95. The number of para-hydroxylation sites is 1. The van der Waals surface area contributed by atoms with E-state index in [4.69, 9.17) is 25.8 Å². The van der Waals surface area contributed by atoms with Crippen LogP contribution in [0.1, 0.15) is 32.0 Å². The lowest BCUT2D eigenvalue weighted by molar-refractivity contribution is 0.143. The molecule has 0 fully saturated rings. The predicted octanol–water partition coefficient (Wildman–Crippen LogP) is 2.64. The zero-order valence-electron chi connectivity index (χ0n) is 20.8. The molecule has 1 atom stereocenters. The summed E-state index contributed by atoms with van der Waals surface area (Å²) in [6.07, 6.45) is 2.61. The maximum atomic E-state index is 10.2. The van der Waals surface area contributed by atoms with Crippen molar-refractivity contribution in [1.82, 2.24) is 29.8 Å². The minimum atomic E-state index is -1.22. The second-order valence-corrected chi connectivity index (χ2v) is 9.30. The maximum Gasteiger partial charge on any atom is 0.216 e. The lowest BCUT2D eigenvalue weighted by Crippen LogP contribution is -2.30. The highest BCUT2D eigenvalue weighted by Gasteiger charge is 2.22. The topological polar surface area (TPSA) is 167 Å². The number of nitrogen functional groups attached to an aromatic ring is 1. The number of nitrogens with one attached hydrogen (secondary N) is 1. The molecule has 0 amide bonds. The van der Waals surface area contributed by atoms with Crippen LogP contribution < -0.4 is 16.2 Å². The normalized spacial score (nSPS) is 12.6. The summed E-state index contributed by atoms with van der Waals surface area (Å²) >= 11 is 0. The summed E-state index contributed by atoms with van der Waals surface area (Å²) in [5.41, 5.74) is 15.2. The molecule has 0 spiro atoms. The van der Waals surface area contributed by atoms with E-state index in [1.165, 1.54) is 0 Å². The van der Waals surface area contributed by atoms with Crippen LogP contribution in [-0.2, 0) is 13.0 Å². The Morgan fingerprint density at radius 1 is 1.24 bits per heavy atom. The zero-order valence-corrected chi connectivity index (χ0v) is 20.8. The second-order valence-electron chi connectivity index (χ2n) is 9.30. The van der Waals surface area contributed by atoms with Crippen LogP contribution in [0.4, 0.5) is 5.82 Å². The number of rotatable bonds is 7. The minimum Gasteiger partial charge on any atom is -0.476 e. The van der Waals surface area contributed by atoms with E-state index >= 15 is 0 Å². The summed E-state index contributed by atoms with van der Waals surface area (Å²) in [6, 6.07) is 9.61. The Kier molecular flexibility index (Phi) is 6.29. The number of anilines is 1. The number of aromatic nitrogens is 6. The van der Waals surface area contributed by atoms with Crippen molar-refractivity contribution in [2.24, 2.45) is 5.73 Å². The SMILES string of the molecule is CCn1c(-c2nonc2N)nc2c(C#CC(C)(C)O)nc(OC[C@@H](N)Cc3c[nH]c4ccccc34)cc21. The van der Waals surface area contributed by atoms with Crippen molar-refractivity contribution < 1.29 is 14.5 Å². The molecule has 4 aromatic heterocycles. The highest BCUT2D eigenvalue weighted by Crippen LogP contribution is 2.30. The standard InChI is InChI=1S/C26H28N8O3/c1-4-34-20-12-21(36-14-16(27)11-15-13-29-18-8-6-5-7-17(15)18)30-19(9-10-26(2,3)35)22(20)31-25(34)23-24(28)33-37-32-23/h5-8,12-13,16,29,35H,4,11,14,27H2,1-3H3,(H2,28,33)/t16-/m0/s1. The molecule has 0 saturated carbocycles. The third-order valence-corrected chi connectivity index (χ3v) is 5.84. The number of fused-ring (bicyclic) bond motifs is 2. The summed E-state index contributed by atoms with van der Waals surface area (Å²) in [5.74, 6) is 6.68. The lowest BCUT2D eigenvalue weighted by Gasteiger charge is -2.13. The van der Waals surface area contributed by atoms with Crippen LogP contribution in [0, 0.1) is 11.8 Å². The van der Waals surface area contributed by atoms with Crippen molar-refractivity contribution in [3.63, 3.8) is 0 Å². The number of benzene rings is 1. The van der Waals surface area contributed by atoms with E-state index in [9.17, 15) is 5.11 Å². The fourth-order valence-corrected chi connectivity index (χ4v) is 4.16. The smallest absolute Gasteiger partial charge is 0.216 e. The van der Waals surface area contributed by atoms with Crippen molar-refractivity contribution in [3.05, 3.63) is 47.8 Å². The largest absolute Gasteiger partial charge is 0.476 e. The first-order valence-corrected chi connectivity index (χ1v) is 11.9. The summed E-state index contributed by atoms with van der Waals surface area (Å²) in [5, 5.41) is 18.9. The molecule has 1 aromatic carbocycles. The fraction of sp³-hybridized carbons (Fsp3) is 0.308. The van der Waals surface area contributed by atoms with Crippen LogP contribution in [0.3, 0.4) is 0 Å². The van der Waals surface area contributed by atoms with Gasteiger partial charge in [-0.25, -0.2) is 14.6 Å². The van der Waals surface area contributed by atoms with E-state index in [2.05, 4.69) is 38.2 Å². The van der Waals surface area contributed by atoms with Gasteiger partial charge in [0.15, 0.2) is 17.3 Å². The lowest BCUT2D eigenvalue weighted by atomic mass is 10.1. The van der Waals surface area contributed by atoms with E-state index in [-0.39, 0.29) is 18.5 Å². The third-order valence-electron chi connectivity index (χ3n) is 5.84. The average Bonchev–Trinajstić information content (AvgIpc) is 3.57. The monoisotopic (exact) mass is 500 g/mol. The van der Waals surface area contributed by atoms with Crippen molar-refractivity contribution >= 4 is 27.8 Å². The van der Waals surface area contributed by atoms with Crippen LogP contribution >= 0.6 is 0 Å².